The molecule has 1 unspecified atom stereocenters. The number of hydrogen-bond donors (Lipinski definition) is 1. The number of benzene rings is 1. The summed E-state index contributed by atoms with van der Waals surface area (Å²) >= 11 is 5.51. The van der Waals surface area contributed by atoms with Crippen LogP contribution in [0.4, 0.5) is 18.9 Å². The van der Waals surface area contributed by atoms with E-state index in [1.54, 1.807) is 4.72 Å². The number of halogens is 4. The molecule has 78 valence electrons. The van der Waals surface area contributed by atoms with Gasteiger partial charge in [-0.2, -0.15) is 13.2 Å². The maximum absolute atomic E-state index is 11.8. The molecule has 0 heterocycles. The predicted molar refractivity (Wildman–Crippen MR) is 49.3 cm³/mol. The van der Waals surface area contributed by atoms with Gasteiger partial charge in [-0.25, -0.2) is 4.21 Å². The molecule has 1 N–H and O–H groups in total. The van der Waals surface area contributed by atoms with Crippen LogP contribution in [0, 0.1) is 0 Å². The van der Waals surface area contributed by atoms with Gasteiger partial charge in [0.15, 0.2) is 0 Å². The normalized spacial score (nSPS) is 13.7. The Bertz CT molecular complexity index is 338. The summed E-state index contributed by atoms with van der Waals surface area (Å²) in [6.07, 6.45) is 0. The molecule has 0 bridgehead atoms. The highest BCUT2D eigenvalue weighted by molar-refractivity contribution is 7.87. The Balaban J connectivity index is 2.71. The molecular formula is C7H5ClF3NOS. The highest BCUT2D eigenvalue weighted by atomic mass is 35.5. The van der Waals surface area contributed by atoms with Crippen molar-refractivity contribution in [1.29, 1.82) is 0 Å². The minimum Gasteiger partial charge on any atom is -0.298 e. The first-order valence-electron chi connectivity index (χ1n) is 3.40. The third kappa shape index (κ3) is 3.19. The van der Waals surface area contributed by atoms with Gasteiger partial charge in [0.1, 0.15) is 0 Å². The number of alkyl halides is 3. The summed E-state index contributed by atoms with van der Waals surface area (Å²) in [6, 6.07) is 5.42. The van der Waals surface area contributed by atoms with E-state index in [2.05, 4.69) is 0 Å². The van der Waals surface area contributed by atoms with Crippen molar-refractivity contribution >= 4 is 28.3 Å². The van der Waals surface area contributed by atoms with Crippen LogP contribution < -0.4 is 4.72 Å². The second-order valence-corrected chi connectivity index (χ2v) is 3.96. The van der Waals surface area contributed by atoms with Gasteiger partial charge in [-0.15, -0.1) is 0 Å². The molecule has 0 saturated heterocycles. The van der Waals surface area contributed by atoms with Crippen LogP contribution in [0.1, 0.15) is 0 Å². The summed E-state index contributed by atoms with van der Waals surface area (Å²) in [7, 11) is -3.09. The molecule has 0 aliphatic heterocycles. The van der Waals surface area contributed by atoms with Crippen LogP contribution in [-0.4, -0.2) is 9.72 Å². The van der Waals surface area contributed by atoms with E-state index < -0.39 is 16.5 Å². The average Bonchev–Trinajstić information content (AvgIpc) is 2.07. The van der Waals surface area contributed by atoms with Crippen LogP contribution in [0.5, 0.6) is 0 Å². The van der Waals surface area contributed by atoms with E-state index in [9.17, 15) is 17.4 Å². The smallest absolute Gasteiger partial charge is 0.298 e. The van der Waals surface area contributed by atoms with Crippen LogP contribution in [-0.2, 0) is 11.0 Å². The topological polar surface area (TPSA) is 29.1 Å². The maximum atomic E-state index is 11.8. The standard InChI is InChI=1S/C7H5ClF3NOS/c8-5-1-3-6(4-2-5)12-14(13)7(9,10)11/h1-4,12H. The van der Waals surface area contributed by atoms with Gasteiger partial charge in [0, 0.05) is 10.7 Å². The molecule has 1 atom stereocenters. The average molecular weight is 244 g/mol. The van der Waals surface area contributed by atoms with E-state index >= 15 is 0 Å². The van der Waals surface area contributed by atoms with Crippen LogP contribution in [0.3, 0.4) is 0 Å². The Hall–Kier alpha value is -0.750. The SMILES string of the molecule is O=S(Nc1ccc(Cl)cc1)C(F)(F)F. The van der Waals surface area contributed by atoms with E-state index in [1.807, 2.05) is 0 Å². The van der Waals surface area contributed by atoms with E-state index in [-0.39, 0.29) is 5.69 Å². The van der Waals surface area contributed by atoms with Gasteiger partial charge in [0.25, 0.3) is 0 Å². The third-order valence-electron chi connectivity index (χ3n) is 1.26. The first-order chi connectivity index (χ1) is 6.39. The quantitative estimate of drug-likeness (QED) is 0.850. The Morgan fingerprint density at radius 2 is 1.71 bits per heavy atom. The van der Waals surface area contributed by atoms with Crippen LogP contribution >= 0.6 is 11.6 Å². The predicted octanol–water partition coefficient (Wildman–Crippen LogP) is 2.94. The molecule has 1 aromatic rings. The highest BCUT2D eigenvalue weighted by Crippen LogP contribution is 2.22. The van der Waals surface area contributed by atoms with E-state index in [4.69, 9.17) is 11.6 Å². The molecular weight excluding hydrogens is 239 g/mol. The molecule has 1 aromatic carbocycles. The number of hydrogen-bond acceptors (Lipinski definition) is 1. The van der Waals surface area contributed by atoms with Gasteiger partial charge < -0.3 is 0 Å². The van der Waals surface area contributed by atoms with Gasteiger partial charge in [0.2, 0.25) is 11.0 Å². The zero-order valence-corrected chi connectivity index (χ0v) is 8.21. The van der Waals surface area contributed by atoms with E-state index in [0.29, 0.717) is 5.02 Å². The summed E-state index contributed by atoms with van der Waals surface area (Å²) in [5.74, 6) is 0. The fraction of sp³-hybridized carbons (Fsp3) is 0.143. The zero-order chi connectivity index (χ0) is 10.8. The van der Waals surface area contributed by atoms with Gasteiger partial charge >= 0.3 is 5.51 Å². The second-order valence-electron chi connectivity index (χ2n) is 2.32. The molecule has 1 rings (SSSR count). The molecule has 0 aromatic heterocycles. The van der Waals surface area contributed by atoms with Crippen molar-refractivity contribution in [3.05, 3.63) is 29.3 Å². The van der Waals surface area contributed by atoms with Crippen molar-refractivity contribution < 1.29 is 17.4 Å². The molecule has 14 heavy (non-hydrogen) atoms. The van der Waals surface area contributed by atoms with Crippen molar-refractivity contribution in [3.8, 4) is 0 Å². The molecule has 7 heteroatoms. The first kappa shape index (κ1) is 11.3. The van der Waals surface area contributed by atoms with Gasteiger partial charge in [-0.1, -0.05) is 11.6 Å². The molecule has 0 spiro atoms. The summed E-state index contributed by atoms with van der Waals surface area (Å²) in [5, 5.41) is 0.397. The molecule has 0 aliphatic carbocycles. The van der Waals surface area contributed by atoms with Crippen LogP contribution in [0.15, 0.2) is 24.3 Å². The molecule has 0 fully saturated rings. The molecule has 0 amide bonds. The minimum atomic E-state index is -4.76. The maximum Gasteiger partial charge on any atom is 0.490 e. The van der Waals surface area contributed by atoms with Crippen molar-refractivity contribution in [2.45, 2.75) is 5.51 Å². The lowest BCUT2D eigenvalue weighted by molar-refractivity contribution is -0.0379. The van der Waals surface area contributed by atoms with Crippen molar-refractivity contribution in [1.82, 2.24) is 0 Å². The fourth-order valence-corrected chi connectivity index (χ4v) is 1.27. The lowest BCUT2D eigenvalue weighted by Crippen LogP contribution is -2.22. The third-order valence-corrected chi connectivity index (χ3v) is 2.36. The molecule has 0 radical (unpaired) electrons. The van der Waals surface area contributed by atoms with Crippen molar-refractivity contribution in [2.75, 3.05) is 4.72 Å². The lowest BCUT2D eigenvalue weighted by atomic mass is 10.3. The summed E-state index contributed by atoms with van der Waals surface area (Å²) in [5.41, 5.74) is -4.66. The van der Waals surface area contributed by atoms with E-state index in [1.165, 1.54) is 24.3 Å². The molecule has 0 aliphatic rings. The second kappa shape index (κ2) is 4.18. The number of nitrogens with one attached hydrogen (secondary N) is 1. The van der Waals surface area contributed by atoms with Crippen molar-refractivity contribution in [3.63, 3.8) is 0 Å². The Kier molecular flexibility index (Phi) is 3.38. The Morgan fingerprint density at radius 3 is 2.14 bits per heavy atom. The fourth-order valence-electron chi connectivity index (χ4n) is 0.683. The number of anilines is 1. The zero-order valence-electron chi connectivity index (χ0n) is 6.64. The molecule has 0 saturated carbocycles. The van der Waals surface area contributed by atoms with E-state index in [0.717, 1.165) is 0 Å². The van der Waals surface area contributed by atoms with Gasteiger partial charge in [0.05, 0.1) is 0 Å². The van der Waals surface area contributed by atoms with Gasteiger partial charge in [-0.05, 0) is 24.3 Å². The Labute approximate surface area is 85.7 Å². The summed E-state index contributed by atoms with van der Waals surface area (Å²) in [4.78, 5) is 0. The first-order valence-corrected chi connectivity index (χ1v) is 4.93. The number of rotatable bonds is 2. The van der Waals surface area contributed by atoms with Crippen LogP contribution in [0.2, 0.25) is 5.02 Å². The van der Waals surface area contributed by atoms with Gasteiger partial charge in [-0.3, -0.25) is 4.72 Å². The lowest BCUT2D eigenvalue weighted by Gasteiger charge is -2.08. The van der Waals surface area contributed by atoms with Crippen LogP contribution in [0.25, 0.3) is 0 Å². The molecule has 2 nitrogen and oxygen atoms in total. The largest absolute Gasteiger partial charge is 0.490 e. The van der Waals surface area contributed by atoms with Crippen molar-refractivity contribution in [2.24, 2.45) is 0 Å². The Morgan fingerprint density at radius 1 is 1.21 bits per heavy atom. The summed E-state index contributed by atoms with van der Waals surface area (Å²) < 4.78 is 47.8. The minimum absolute atomic E-state index is 0.102. The summed E-state index contributed by atoms with van der Waals surface area (Å²) in [6.45, 7) is 0. The monoisotopic (exact) mass is 243 g/mol. The highest BCUT2D eigenvalue weighted by Gasteiger charge is 2.37.